The van der Waals surface area contributed by atoms with Crippen LogP contribution in [0.2, 0.25) is 0 Å². The summed E-state index contributed by atoms with van der Waals surface area (Å²) >= 11 is 0. The van der Waals surface area contributed by atoms with E-state index in [9.17, 15) is 0 Å². The van der Waals surface area contributed by atoms with Gasteiger partial charge in [0.25, 0.3) is 0 Å². The van der Waals surface area contributed by atoms with E-state index in [2.05, 4.69) is 17.1 Å². The second-order valence-electron chi connectivity index (χ2n) is 5.27. The molecule has 2 heterocycles. The average Bonchev–Trinajstić information content (AvgIpc) is 3.01. The third-order valence-corrected chi connectivity index (χ3v) is 4.01. The van der Waals surface area contributed by atoms with Crippen molar-refractivity contribution in [3.05, 3.63) is 23.8 Å². The van der Waals surface area contributed by atoms with Crippen LogP contribution in [0.3, 0.4) is 0 Å². The average molecular weight is 247 g/mol. The fraction of sp³-hybridized carbons (Fsp3) is 0.538. The summed E-state index contributed by atoms with van der Waals surface area (Å²) in [5, 5.41) is 4.01. The topological polar surface area (TPSA) is 78.1 Å². The third kappa shape index (κ3) is 1.58. The number of aromatic nitrogens is 2. The highest BCUT2D eigenvalue weighted by molar-refractivity contribution is 5.51. The summed E-state index contributed by atoms with van der Waals surface area (Å²) in [6.07, 6.45) is 4.74. The molecular formula is C13H17N3O2. The van der Waals surface area contributed by atoms with Gasteiger partial charge in [0.15, 0.2) is 5.76 Å². The number of furan rings is 1. The number of nitrogens with two attached hydrogens (primary N) is 1. The van der Waals surface area contributed by atoms with Crippen molar-refractivity contribution in [3.63, 3.8) is 0 Å². The van der Waals surface area contributed by atoms with Gasteiger partial charge in [-0.3, -0.25) is 0 Å². The Balaban J connectivity index is 1.97. The third-order valence-electron chi connectivity index (χ3n) is 4.01. The molecule has 0 aliphatic heterocycles. The van der Waals surface area contributed by atoms with Crippen molar-refractivity contribution in [1.82, 2.24) is 10.1 Å². The summed E-state index contributed by atoms with van der Waals surface area (Å²) in [4.78, 5) is 4.47. The molecule has 96 valence electrons. The molecule has 1 aliphatic rings. The summed E-state index contributed by atoms with van der Waals surface area (Å²) in [5.41, 5.74) is 6.95. The van der Waals surface area contributed by atoms with Crippen LogP contribution in [0.15, 0.2) is 21.3 Å². The van der Waals surface area contributed by atoms with E-state index in [-0.39, 0.29) is 11.5 Å². The van der Waals surface area contributed by atoms with E-state index in [4.69, 9.17) is 14.7 Å². The van der Waals surface area contributed by atoms with E-state index < -0.39 is 0 Å². The molecule has 0 bridgehead atoms. The Bertz CT molecular complexity index is 560. The SMILES string of the molecule is Cc1ccoc1-c1noc(C2(C)CCCC2N)n1. The van der Waals surface area contributed by atoms with Gasteiger partial charge in [-0.15, -0.1) is 0 Å². The van der Waals surface area contributed by atoms with Gasteiger partial charge < -0.3 is 14.7 Å². The van der Waals surface area contributed by atoms with Crippen molar-refractivity contribution >= 4 is 0 Å². The van der Waals surface area contributed by atoms with Gasteiger partial charge in [-0.1, -0.05) is 11.6 Å². The first-order valence-electron chi connectivity index (χ1n) is 6.25. The summed E-state index contributed by atoms with van der Waals surface area (Å²) in [6, 6.07) is 1.97. The molecule has 0 spiro atoms. The Morgan fingerprint density at radius 1 is 1.50 bits per heavy atom. The molecule has 1 saturated carbocycles. The van der Waals surface area contributed by atoms with Crippen molar-refractivity contribution in [3.8, 4) is 11.6 Å². The highest BCUT2D eigenvalue weighted by Crippen LogP contribution is 2.39. The molecule has 3 rings (SSSR count). The van der Waals surface area contributed by atoms with Crippen LogP contribution in [-0.2, 0) is 5.41 Å². The normalized spacial score (nSPS) is 27.8. The van der Waals surface area contributed by atoms with Crippen LogP contribution in [-0.4, -0.2) is 16.2 Å². The molecule has 0 saturated heterocycles. The fourth-order valence-corrected chi connectivity index (χ4v) is 2.61. The highest BCUT2D eigenvalue weighted by atomic mass is 16.5. The predicted octanol–water partition coefficient (Wildman–Crippen LogP) is 2.41. The molecule has 5 nitrogen and oxygen atoms in total. The zero-order chi connectivity index (χ0) is 12.8. The van der Waals surface area contributed by atoms with Gasteiger partial charge in [0.1, 0.15) is 0 Å². The summed E-state index contributed by atoms with van der Waals surface area (Å²) < 4.78 is 10.8. The molecule has 0 aromatic carbocycles. The molecule has 2 atom stereocenters. The minimum absolute atomic E-state index is 0.0866. The van der Waals surface area contributed by atoms with E-state index in [1.807, 2.05) is 13.0 Å². The van der Waals surface area contributed by atoms with Crippen molar-refractivity contribution in [1.29, 1.82) is 0 Å². The molecule has 5 heteroatoms. The van der Waals surface area contributed by atoms with Gasteiger partial charge in [-0.2, -0.15) is 4.98 Å². The molecule has 2 N–H and O–H groups in total. The quantitative estimate of drug-likeness (QED) is 0.881. The Kier molecular flexibility index (Phi) is 2.52. The van der Waals surface area contributed by atoms with Crippen LogP contribution in [0.1, 0.15) is 37.6 Å². The molecule has 2 aromatic rings. The number of hydrogen-bond acceptors (Lipinski definition) is 5. The van der Waals surface area contributed by atoms with Crippen LogP contribution in [0.4, 0.5) is 0 Å². The molecular weight excluding hydrogens is 230 g/mol. The molecule has 0 radical (unpaired) electrons. The van der Waals surface area contributed by atoms with Gasteiger partial charge >= 0.3 is 0 Å². The van der Waals surface area contributed by atoms with Crippen LogP contribution in [0, 0.1) is 6.92 Å². The molecule has 0 amide bonds. The maximum Gasteiger partial charge on any atom is 0.238 e. The number of aryl methyl sites for hydroxylation is 1. The van der Waals surface area contributed by atoms with E-state index in [1.54, 1.807) is 6.26 Å². The predicted molar refractivity (Wildman–Crippen MR) is 65.9 cm³/mol. The molecule has 18 heavy (non-hydrogen) atoms. The van der Waals surface area contributed by atoms with Crippen LogP contribution in [0.25, 0.3) is 11.6 Å². The van der Waals surface area contributed by atoms with E-state index >= 15 is 0 Å². The first kappa shape index (κ1) is 11.5. The van der Waals surface area contributed by atoms with Gasteiger partial charge in [0, 0.05) is 6.04 Å². The lowest BCUT2D eigenvalue weighted by atomic mass is 9.85. The fourth-order valence-electron chi connectivity index (χ4n) is 2.61. The minimum Gasteiger partial charge on any atom is -0.461 e. The summed E-state index contributed by atoms with van der Waals surface area (Å²) in [7, 11) is 0. The lowest BCUT2D eigenvalue weighted by Gasteiger charge is -2.23. The molecule has 1 fully saturated rings. The van der Waals surface area contributed by atoms with Gasteiger partial charge in [-0.05, 0) is 38.3 Å². The monoisotopic (exact) mass is 247 g/mol. The van der Waals surface area contributed by atoms with Crippen molar-refractivity contribution in [2.24, 2.45) is 5.73 Å². The van der Waals surface area contributed by atoms with E-state index in [1.165, 1.54) is 0 Å². The van der Waals surface area contributed by atoms with Crippen LogP contribution >= 0.6 is 0 Å². The molecule has 1 aliphatic carbocycles. The van der Waals surface area contributed by atoms with Crippen LogP contribution in [0.5, 0.6) is 0 Å². The van der Waals surface area contributed by atoms with Gasteiger partial charge in [0.2, 0.25) is 11.7 Å². The van der Waals surface area contributed by atoms with Crippen molar-refractivity contribution < 1.29 is 8.94 Å². The number of rotatable bonds is 2. The second-order valence-corrected chi connectivity index (χ2v) is 5.27. The van der Waals surface area contributed by atoms with Gasteiger partial charge in [0.05, 0.1) is 11.7 Å². The second kappa shape index (κ2) is 3.95. The maximum atomic E-state index is 6.15. The standard InChI is InChI=1S/C13H17N3O2/c1-8-5-7-17-10(8)11-15-12(18-16-11)13(2)6-3-4-9(13)14/h5,7,9H,3-4,6,14H2,1-2H3. The molecule has 2 aromatic heterocycles. The highest BCUT2D eigenvalue weighted by Gasteiger charge is 2.42. The van der Waals surface area contributed by atoms with Gasteiger partial charge in [-0.25, -0.2) is 0 Å². The zero-order valence-corrected chi connectivity index (χ0v) is 10.6. The van der Waals surface area contributed by atoms with Crippen LogP contribution < -0.4 is 5.73 Å². The maximum absolute atomic E-state index is 6.15. The first-order chi connectivity index (χ1) is 8.61. The van der Waals surface area contributed by atoms with E-state index in [0.717, 1.165) is 24.8 Å². The Hall–Kier alpha value is -1.62. The first-order valence-corrected chi connectivity index (χ1v) is 6.25. The zero-order valence-electron chi connectivity index (χ0n) is 10.6. The van der Waals surface area contributed by atoms with Crippen molar-refractivity contribution in [2.45, 2.75) is 44.6 Å². The number of nitrogens with zero attached hydrogens (tertiary/aromatic N) is 2. The van der Waals surface area contributed by atoms with E-state index in [0.29, 0.717) is 17.5 Å². The lowest BCUT2D eigenvalue weighted by Crippen LogP contribution is -2.38. The molecule has 2 unspecified atom stereocenters. The van der Waals surface area contributed by atoms with Crippen molar-refractivity contribution in [2.75, 3.05) is 0 Å². The number of hydrogen-bond donors (Lipinski definition) is 1. The summed E-state index contributed by atoms with van der Waals surface area (Å²) in [5.74, 6) is 1.80. The minimum atomic E-state index is -0.203. The smallest absolute Gasteiger partial charge is 0.238 e. The Labute approximate surface area is 105 Å². The summed E-state index contributed by atoms with van der Waals surface area (Å²) in [6.45, 7) is 4.05. The Morgan fingerprint density at radius 3 is 2.94 bits per heavy atom. The lowest BCUT2D eigenvalue weighted by molar-refractivity contribution is 0.277. The largest absolute Gasteiger partial charge is 0.461 e. The Morgan fingerprint density at radius 2 is 2.33 bits per heavy atom.